The van der Waals surface area contributed by atoms with Crippen LogP contribution in [0.15, 0.2) is 41.8 Å². The number of methoxy groups -OCH3 is 1. The summed E-state index contributed by atoms with van der Waals surface area (Å²) in [5, 5.41) is 11.2. The zero-order valence-corrected chi connectivity index (χ0v) is 14.8. The predicted octanol–water partition coefficient (Wildman–Crippen LogP) is 2.73. The highest BCUT2D eigenvalue weighted by atomic mass is 32.1. The number of primary amides is 1. The topological polar surface area (TPSA) is 107 Å². The largest absolute Gasteiger partial charge is 0.497 e. The smallest absolute Gasteiger partial charge is 0.303 e. The number of carbonyl (C=O) groups excluding carboxylic acids is 1. The fourth-order valence-corrected chi connectivity index (χ4v) is 3.46. The maximum Gasteiger partial charge on any atom is 0.303 e. The summed E-state index contributed by atoms with van der Waals surface area (Å²) in [6.07, 6.45) is 0.344. The molecule has 8 heteroatoms. The second-order valence-electron chi connectivity index (χ2n) is 5.55. The van der Waals surface area contributed by atoms with Crippen LogP contribution < -0.4 is 10.5 Å². The van der Waals surface area contributed by atoms with Gasteiger partial charge in [0, 0.05) is 11.1 Å². The van der Waals surface area contributed by atoms with Gasteiger partial charge in [0.25, 0.3) is 5.91 Å². The van der Waals surface area contributed by atoms with Crippen LogP contribution in [-0.4, -0.2) is 33.6 Å². The lowest BCUT2D eigenvalue weighted by Crippen LogP contribution is -2.12. The molecule has 0 spiro atoms. The Morgan fingerprint density at radius 3 is 2.54 bits per heavy atom. The minimum absolute atomic E-state index is 0.000117. The maximum atomic E-state index is 11.4. The SMILES string of the molecule is COc1ccc(-c2ccc(CCC(=O)O)n2-c2nc(C(N)=O)cs2)cc1. The lowest BCUT2D eigenvalue weighted by atomic mass is 10.1. The first-order valence-electron chi connectivity index (χ1n) is 7.82. The molecule has 3 N–H and O–H groups in total. The van der Waals surface area contributed by atoms with Crippen molar-refractivity contribution in [1.29, 1.82) is 0 Å². The number of hydrogen-bond acceptors (Lipinski definition) is 5. The third-order valence-electron chi connectivity index (χ3n) is 3.88. The van der Waals surface area contributed by atoms with Gasteiger partial charge in [0.15, 0.2) is 5.13 Å². The van der Waals surface area contributed by atoms with E-state index in [0.29, 0.717) is 11.6 Å². The van der Waals surface area contributed by atoms with Crippen LogP contribution in [0.25, 0.3) is 16.4 Å². The van der Waals surface area contributed by atoms with Crippen molar-refractivity contribution in [2.24, 2.45) is 5.73 Å². The van der Waals surface area contributed by atoms with Gasteiger partial charge in [-0.3, -0.25) is 14.2 Å². The van der Waals surface area contributed by atoms with E-state index in [1.807, 2.05) is 41.0 Å². The van der Waals surface area contributed by atoms with Crippen LogP contribution in [-0.2, 0) is 11.2 Å². The Morgan fingerprint density at radius 2 is 1.96 bits per heavy atom. The molecule has 0 saturated carbocycles. The van der Waals surface area contributed by atoms with Crippen LogP contribution in [0.3, 0.4) is 0 Å². The van der Waals surface area contributed by atoms with Crippen molar-refractivity contribution in [3.8, 4) is 22.1 Å². The lowest BCUT2D eigenvalue weighted by molar-refractivity contribution is -0.136. The van der Waals surface area contributed by atoms with Gasteiger partial charge >= 0.3 is 5.97 Å². The molecule has 26 heavy (non-hydrogen) atoms. The monoisotopic (exact) mass is 371 g/mol. The first-order valence-corrected chi connectivity index (χ1v) is 8.70. The third kappa shape index (κ3) is 3.60. The average molecular weight is 371 g/mol. The number of benzene rings is 1. The second-order valence-corrected chi connectivity index (χ2v) is 6.38. The van der Waals surface area contributed by atoms with Crippen molar-refractivity contribution >= 4 is 23.2 Å². The molecule has 0 unspecified atom stereocenters. The van der Waals surface area contributed by atoms with Crippen LogP contribution in [0, 0.1) is 0 Å². The molecule has 0 atom stereocenters. The molecule has 3 aromatic rings. The number of carbonyl (C=O) groups is 2. The van der Waals surface area contributed by atoms with E-state index >= 15 is 0 Å². The molecular formula is C18H17N3O4S. The standard InChI is InChI=1S/C18H17N3O4S/c1-25-13-6-2-11(3-7-13)15-8-4-12(5-9-16(22)23)21(15)18-20-14(10-26-18)17(19)24/h2-4,6-8,10H,5,9H2,1H3,(H2,19,24)(H,22,23). The molecule has 0 radical (unpaired) electrons. The van der Waals surface area contributed by atoms with E-state index in [9.17, 15) is 9.59 Å². The highest BCUT2D eigenvalue weighted by Crippen LogP contribution is 2.30. The van der Waals surface area contributed by atoms with Crippen molar-refractivity contribution in [2.45, 2.75) is 12.8 Å². The molecule has 0 fully saturated rings. The number of aromatic nitrogens is 2. The van der Waals surface area contributed by atoms with Crippen molar-refractivity contribution in [2.75, 3.05) is 7.11 Å². The number of thiazole rings is 1. The van der Waals surface area contributed by atoms with Gasteiger partial charge in [-0.1, -0.05) is 0 Å². The van der Waals surface area contributed by atoms with Gasteiger partial charge < -0.3 is 15.6 Å². The number of carboxylic acid groups (broad SMARTS) is 1. The normalized spacial score (nSPS) is 10.7. The maximum absolute atomic E-state index is 11.4. The first kappa shape index (κ1) is 17.7. The quantitative estimate of drug-likeness (QED) is 0.664. The van der Waals surface area contributed by atoms with Gasteiger partial charge in [0.2, 0.25) is 0 Å². The summed E-state index contributed by atoms with van der Waals surface area (Å²) in [4.78, 5) is 26.6. The Morgan fingerprint density at radius 1 is 1.23 bits per heavy atom. The van der Waals surface area contributed by atoms with E-state index in [1.165, 1.54) is 11.3 Å². The molecule has 0 bridgehead atoms. The fourth-order valence-electron chi connectivity index (χ4n) is 2.60. The molecular weight excluding hydrogens is 354 g/mol. The zero-order valence-electron chi connectivity index (χ0n) is 14.0. The number of nitrogens with zero attached hydrogens (tertiary/aromatic N) is 2. The lowest BCUT2D eigenvalue weighted by Gasteiger charge is -2.11. The van der Waals surface area contributed by atoms with Gasteiger partial charge in [0.1, 0.15) is 11.4 Å². The number of nitrogens with two attached hydrogens (primary N) is 1. The first-order chi connectivity index (χ1) is 12.5. The Balaban J connectivity index is 2.08. The Bertz CT molecular complexity index is 944. The van der Waals surface area contributed by atoms with Gasteiger partial charge in [-0.2, -0.15) is 0 Å². The van der Waals surface area contributed by atoms with Crippen molar-refractivity contribution in [1.82, 2.24) is 9.55 Å². The van der Waals surface area contributed by atoms with Crippen LogP contribution in [0.5, 0.6) is 5.75 Å². The third-order valence-corrected chi connectivity index (χ3v) is 4.70. The van der Waals surface area contributed by atoms with Gasteiger partial charge in [-0.25, -0.2) is 4.98 Å². The van der Waals surface area contributed by atoms with Gasteiger partial charge in [-0.05, 0) is 48.4 Å². The van der Waals surface area contributed by atoms with Crippen LogP contribution >= 0.6 is 11.3 Å². The molecule has 0 aliphatic heterocycles. The van der Waals surface area contributed by atoms with E-state index in [4.69, 9.17) is 15.6 Å². The number of ether oxygens (including phenoxy) is 1. The molecule has 134 valence electrons. The summed E-state index contributed by atoms with van der Waals surface area (Å²) < 4.78 is 7.05. The van der Waals surface area contributed by atoms with Crippen LogP contribution in [0.4, 0.5) is 0 Å². The Labute approximate surface area is 153 Å². The molecule has 0 aliphatic carbocycles. The molecule has 2 heterocycles. The van der Waals surface area contributed by atoms with Gasteiger partial charge in [0.05, 0.1) is 19.2 Å². The summed E-state index contributed by atoms with van der Waals surface area (Å²) in [5.41, 5.74) is 8.05. The number of aryl methyl sites for hydroxylation is 1. The van der Waals surface area contributed by atoms with Crippen LogP contribution in [0.2, 0.25) is 0 Å². The number of aliphatic carboxylic acids is 1. The Kier molecular flexibility index (Phi) is 5.04. The molecule has 3 rings (SSSR count). The summed E-state index contributed by atoms with van der Waals surface area (Å²) >= 11 is 1.28. The molecule has 0 aliphatic rings. The number of carboxylic acids is 1. The number of hydrogen-bond donors (Lipinski definition) is 2. The minimum Gasteiger partial charge on any atom is -0.497 e. The second kappa shape index (κ2) is 7.40. The number of amides is 1. The Hall–Kier alpha value is -3.13. The molecule has 2 aromatic heterocycles. The van der Waals surface area contributed by atoms with E-state index < -0.39 is 11.9 Å². The van der Waals surface area contributed by atoms with Crippen LogP contribution in [0.1, 0.15) is 22.6 Å². The minimum atomic E-state index is -0.874. The van der Waals surface area contributed by atoms with Crippen molar-refractivity contribution < 1.29 is 19.4 Å². The van der Waals surface area contributed by atoms with E-state index in [2.05, 4.69) is 4.98 Å². The summed E-state index contributed by atoms with van der Waals surface area (Å²) in [5.74, 6) is -0.735. The van der Waals surface area contributed by atoms with E-state index in [-0.39, 0.29) is 12.1 Å². The zero-order chi connectivity index (χ0) is 18.7. The van der Waals surface area contributed by atoms with Crippen molar-refractivity contribution in [3.63, 3.8) is 0 Å². The van der Waals surface area contributed by atoms with Crippen molar-refractivity contribution in [3.05, 3.63) is 53.2 Å². The van der Waals surface area contributed by atoms with E-state index in [1.54, 1.807) is 12.5 Å². The molecule has 1 aromatic carbocycles. The summed E-state index contributed by atoms with van der Waals surface area (Å²) in [6, 6.07) is 11.3. The predicted molar refractivity (Wildman–Crippen MR) is 97.9 cm³/mol. The molecule has 7 nitrogen and oxygen atoms in total. The highest BCUT2D eigenvalue weighted by molar-refractivity contribution is 7.12. The van der Waals surface area contributed by atoms with Gasteiger partial charge in [-0.15, -0.1) is 11.3 Å². The molecule has 0 saturated heterocycles. The average Bonchev–Trinajstić information content (AvgIpc) is 3.26. The highest BCUT2D eigenvalue weighted by Gasteiger charge is 2.17. The fraction of sp³-hybridized carbons (Fsp3) is 0.167. The summed E-state index contributed by atoms with van der Waals surface area (Å²) in [6.45, 7) is 0. The number of rotatable bonds is 7. The molecule has 1 amide bonds. The summed E-state index contributed by atoms with van der Waals surface area (Å²) in [7, 11) is 1.60. The van der Waals surface area contributed by atoms with E-state index in [0.717, 1.165) is 22.7 Å².